The molecule has 3 N–H and O–H groups in total. The average Bonchev–Trinajstić information content (AvgIpc) is 2.61. The van der Waals surface area contributed by atoms with Crippen LogP contribution in [0.4, 0.5) is 4.79 Å². The molecule has 2 atom stereocenters. The summed E-state index contributed by atoms with van der Waals surface area (Å²) >= 11 is 0. The Hall–Kier alpha value is -1.83. The Morgan fingerprint density at radius 2 is 1.88 bits per heavy atom. The minimum Gasteiger partial charge on any atom is -0.465 e. The molecule has 148 valence electrons. The average molecular weight is 369 g/mol. The Morgan fingerprint density at radius 1 is 1.23 bits per heavy atom. The van der Waals surface area contributed by atoms with Crippen molar-refractivity contribution in [2.45, 2.75) is 57.6 Å². The van der Waals surface area contributed by atoms with Gasteiger partial charge in [0.05, 0.1) is 6.04 Å². The molecule has 3 amide bonds. The summed E-state index contributed by atoms with van der Waals surface area (Å²) in [6.45, 7) is 3.49. The summed E-state index contributed by atoms with van der Waals surface area (Å²) in [5.41, 5.74) is 0. The van der Waals surface area contributed by atoms with Gasteiger partial charge in [0.25, 0.3) is 5.91 Å². The highest BCUT2D eigenvalue weighted by Gasteiger charge is 2.35. The molecule has 8 heteroatoms. The van der Waals surface area contributed by atoms with Crippen LogP contribution in [0.2, 0.25) is 0 Å². The normalized spacial score (nSPS) is 20.8. The van der Waals surface area contributed by atoms with E-state index in [2.05, 4.69) is 5.32 Å². The van der Waals surface area contributed by atoms with E-state index in [1.165, 1.54) is 29.1 Å². The quantitative estimate of drug-likeness (QED) is 0.523. The van der Waals surface area contributed by atoms with Crippen LogP contribution in [0, 0.1) is 11.8 Å². The van der Waals surface area contributed by atoms with E-state index in [0.29, 0.717) is 44.9 Å². The van der Waals surface area contributed by atoms with E-state index in [4.69, 9.17) is 5.11 Å². The van der Waals surface area contributed by atoms with Crippen molar-refractivity contribution in [1.82, 2.24) is 15.1 Å². The number of carbonyl (C=O) groups is 3. The number of aliphatic hydroxyl groups excluding tert-OH is 1. The molecule has 1 saturated heterocycles. The molecule has 0 aromatic heterocycles. The highest BCUT2D eigenvalue weighted by atomic mass is 16.4. The van der Waals surface area contributed by atoms with Crippen molar-refractivity contribution in [1.29, 1.82) is 0 Å². The number of carboxylic acid groups (broad SMARTS) is 1. The fraction of sp³-hybridized carbons (Fsp3) is 0.833. The molecule has 1 aliphatic carbocycles. The maximum absolute atomic E-state index is 12.3. The van der Waals surface area contributed by atoms with Crippen LogP contribution in [-0.2, 0) is 9.59 Å². The number of hydrogen-bond acceptors (Lipinski definition) is 4. The molecule has 0 spiro atoms. The molecule has 1 aliphatic heterocycles. The van der Waals surface area contributed by atoms with E-state index < -0.39 is 24.1 Å². The van der Waals surface area contributed by atoms with Gasteiger partial charge in [-0.2, -0.15) is 0 Å². The highest BCUT2D eigenvalue weighted by molar-refractivity contribution is 5.81. The van der Waals surface area contributed by atoms with Crippen molar-refractivity contribution < 1.29 is 24.6 Å². The minimum absolute atomic E-state index is 0.0443. The largest absolute Gasteiger partial charge is 0.465 e. The molecule has 2 rings (SSSR count). The van der Waals surface area contributed by atoms with E-state index >= 15 is 0 Å². The van der Waals surface area contributed by atoms with Gasteiger partial charge in [0.2, 0.25) is 6.41 Å². The first-order valence-corrected chi connectivity index (χ1v) is 9.60. The van der Waals surface area contributed by atoms with E-state index in [-0.39, 0.29) is 5.92 Å². The zero-order valence-electron chi connectivity index (χ0n) is 15.5. The van der Waals surface area contributed by atoms with Crippen LogP contribution in [0.25, 0.3) is 0 Å². The van der Waals surface area contributed by atoms with Gasteiger partial charge < -0.3 is 25.3 Å². The number of nitrogens with zero attached hydrogens (tertiary/aromatic N) is 2. The van der Waals surface area contributed by atoms with Crippen LogP contribution < -0.4 is 5.32 Å². The van der Waals surface area contributed by atoms with Crippen molar-refractivity contribution >= 4 is 18.4 Å². The number of rotatable bonds is 9. The molecule has 0 bridgehead atoms. The fourth-order valence-corrected chi connectivity index (χ4v) is 3.95. The molecule has 2 fully saturated rings. The Balaban J connectivity index is 1.82. The van der Waals surface area contributed by atoms with Gasteiger partial charge in [0, 0.05) is 32.1 Å². The third-order valence-electron chi connectivity index (χ3n) is 5.60. The molecule has 2 unspecified atom stereocenters. The first-order valence-electron chi connectivity index (χ1n) is 9.60. The van der Waals surface area contributed by atoms with Crippen molar-refractivity contribution in [2.24, 2.45) is 11.8 Å². The van der Waals surface area contributed by atoms with E-state index in [1.54, 1.807) is 0 Å². The van der Waals surface area contributed by atoms with Crippen molar-refractivity contribution in [3.63, 3.8) is 0 Å². The van der Waals surface area contributed by atoms with E-state index in [0.717, 1.165) is 12.8 Å². The lowest BCUT2D eigenvalue weighted by atomic mass is 9.89. The van der Waals surface area contributed by atoms with Crippen LogP contribution >= 0.6 is 0 Å². The standard InChI is InChI=1S/C18H31N3O5/c1-2-15(21(12-22)11-14-9-20(10-14)18(25)26)16(23)17(24)19-8-13-6-4-3-5-7-13/h12-16,23H,2-11H2,1H3,(H,19,24)(H,25,26). The SMILES string of the molecule is CCC(C(O)C(=O)NCC1CCCCC1)N(C=O)CC1CN(C(=O)O)C1. The van der Waals surface area contributed by atoms with Crippen LogP contribution in [0.1, 0.15) is 45.4 Å². The van der Waals surface area contributed by atoms with Gasteiger partial charge in [-0.25, -0.2) is 4.79 Å². The molecule has 1 saturated carbocycles. The van der Waals surface area contributed by atoms with Crippen LogP contribution in [0.15, 0.2) is 0 Å². The van der Waals surface area contributed by atoms with Crippen LogP contribution in [-0.4, -0.2) is 76.7 Å². The summed E-state index contributed by atoms with van der Waals surface area (Å²) in [5.74, 6) is 0.0806. The molecule has 2 aliphatic rings. The predicted octanol–water partition coefficient (Wildman–Crippen LogP) is 0.891. The number of carbonyl (C=O) groups excluding carboxylic acids is 2. The lowest BCUT2D eigenvalue weighted by Crippen LogP contribution is -2.57. The Bertz CT molecular complexity index is 489. The van der Waals surface area contributed by atoms with Gasteiger partial charge in [-0.15, -0.1) is 0 Å². The molecule has 8 nitrogen and oxygen atoms in total. The molecule has 0 aromatic carbocycles. The van der Waals surface area contributed by atoms with Crippen LogP contribution in [0.3, 0.4) is 0 Å². The van der Waals surface area contributed by atoms with Crippen molar-refractivity contribution in [2.75, 3.05) is 26.2 Å². The van der Waals surface area contributed by atoms with Crippen molar-refractivity contribution in [3.8, 4) is 0 Å². The number of amides is 3. The fourth-order valence-electron chi connectivity index (χ4n) is 3.95. The summed E-state index contributed by atoms with van der Waals surface area (Å²) in [6.07, 6.45) is 4.70. The zero-order chi connectivity index (χ0) is 19.1. The van der Waals surface area contributed by atoms with Gasteiger partial charge in [-0.05, 0) is 25.2 Å². The summed E-state index contributed by atoms with van der Waals surface area (Å²) < 4.78 is 0. The Kier molecular flexibility index (Phi) is 7.68. The molecule has 0 aromatic rings. The van der Waals surface area contributed by atoms with Gasteiger partial charge in [0.1, 0.15) is 0 Å². The number of hydrogen-bond donors (Lipinski definition) is 3. The maximum Gasteiger partial charge on any atom is 0.407 e. The molecular weight excluding hydrogens is 338 g/mol. The maximum atomic E-state index is 12.3. The first-order chi connectivity index (χ1) is 12.5. The zero-order valence-corrected chi connectivity index (χ0v) is 15.5. The van der Waals surface area contributed by atoms with Gasteiger partial charge in [-0.3, -0.25) is 9.59 Å². The Labute approximate surface area is 154 Å². The third kappa shape index (κ3) is 5.33. The lowest BCUT2D eigenvalue weighted by Gasteiger charge is -2.41. The second kappa shape index (κ2) is 9.75. The third-order valence-corrected chi connectivity index (χ3v) is 5.60. The molecular formula is C18H31N3O5. The summed E-state index contributed by atoms with van der Waals surface area (Å²) in [4.78, 5) is 37.4. The summed E-state index contributed by atoms with van der Waals surface area (Å²) in [6, 6.07) is -0.599. The number of likely N-dealkylation sites (tertiary alicyclic amines) is 1. The van der Waals surface area contributed by atoms with Crippen LogP contribution in [0.5, 0.6) is 0 Å². The smallest absolute Gasteiger partial charge is 0.407 e. The van der Waals surface area contributed by atoms with Gasteiger partial charge in [0.15, 0.2) is 6.10 Å². The second-order valence-electron chi connectivity index (χ2n) is 7.53. The predicted molar refractivity (Wildman–Crippen MR) is 95.5 cm³/mol. The topological polar surface area (TPSA) is 110 Å². The lowest BCUT2D eigenvalue weighted by molar-refractivity contribution is -0.137. The first kappa shape index (κ1) is 20.5. The minimum atomic E-state index is -1.27. The number of nitrogens with one attached hydrogen (secondary N) is 1. The molecule has 26 heavy (non-hydrogen) atoms. The van der Waals surface area contributed by atoms with E-state index in [1.807, 2.05) is 6.92 Å². The number of aliphatic hydroxyl groups is 1. The van der Waals surface area contributed by atoms with E-state index in [9.17, 15) is 19.5 Å². The highest BCUT2D eigenvalue weighted by Crippen LogP contribution is 2.23. The second-order valence-corrected chi connectivity index (χ2v) is 7.53. The monoisotopic (exact) mass is 369 g/mol. The Morgan fingerprint density at radius 3 is 2.42 bits per heavy atom. The summed E-state index contributed by atoms with van der Waals surface area (Å²) in [5, 5.41) is 22.1. The van der Waals surface area contributed by atoms with Gasteiger partial charge >= 0.3 is 6.09 Å². The molecule has 0 radical (unpaired) electrons. The van der Waals surface area contributed by atoms with Gasteiger partial charge in [-0.1, -0.05) is 26.2 Å². The molecule has 1 heterocycles. The summed E-state index contributed by atoms with van der Waals surface area (Å²) in [7, 11) is 0. The van der Waals surface area contributed by atoms with Crippen molar-refractivity contribution in [3.05, 3.63) is 0 Å².